The Labute approximate surface area is 76.2 Å². The molecule has 1 heteroatoms. The molecule has 0 radical (unpaired) electrons. The highest BCUT2D eigenvalue weighted by Gasteiger charge is 2.14. The minimum absolute atomic E-state index is 0.915. The van der Waals surface area contributed by atoms with E-state index in [1.165, 1.54) is 25.7 Å². The van der Waals surface area contributed by atoms with Crippen molar-refractivity contribution in [3.05, 3.63) is 11.6 Å². The van der Waals surface area contributed by atoms with Crippen LogP contribution >= 0.6 is 0 Å². The maximum Gasteiger partial charge on any atom is 0.0164 e. The lowest BCUT2D eigenvalue weighted by atomic mass is 9.84. The van der Waals surface area contributed by atoms with Crippen molar-refractivity contribution in [1.29, 1.82) is 0 Å². The average Bonchev–Trinajstić information content (AvgIpc) is 2.02. The second kappa shape index (κ2) is 5.36. The molecule has 0 saturated heterocycles. The van der Waals surface area contributed by atoms with Gasteiger partial charge in [-0.1, -0.05) is 31.9 Å². The van der Waals surface area contributed by atoms with Gasteiger partial charge < -0.3 is 5.32 Å². The predicted octanol–water partition coefficient (Wildman–Crippen LogP) is 2.73. The molecule has 0 spiro atoms. The van der Waals surface area contributed by atoms with E-state index in [9.17, 15) is 0 Å². The van der Waals surface area contributed by atoms with Gasteiger partial charge in [0.1, 0.15) is 0 Å². The first kappa shape index (κ1) is 9.79. The van der Waals surface area contributed by atoms with Gasteiger partial charge in [0.25, 0.3) is 0 Å². The van der Waals surface area contributed by atoms with Gasteiger partial charge in [-0.05, 0) is 31.7 Å². The van der Waals surface area contributed by atoms with Crippen LogP contribution in [0.15, 0.2) is 11.6 Å². The SMILES string of the molecule is CCNCC(=CC1CCC1)CC. The monoisotopic (exact) mass is 167 g/mol. The van der Waals surface area contributed by atoms with Gasteiger partial charge >= 0.3 is 0 Å². The summed E-state index contributed by atoms with van der Waals surface area (Å²) < 4.78 is 0. The zero-order valence-electron chi connectivity index (χ0n) is 8.40. The van der Waals surface area contributed by atoms with E-state index in [4.69, 9.17) is 0 Å². The van der Waals surface area contributed by atoms with Crippen molar-refractivity contribution in [3.8, 4) is 0 Å². The highest BCUT2D eigenvalue weighted by molar-refractivity contribution is 5.07. The smallest absolute Gasteiger partial charge is 0.0164 e. The van der Waals surface area contributed by atoms with Crippen molar-refractivity contribution < 1.29 is 0 Å². The van der Waals surface area contributed by atoms with Gasteiger partial charge in [-0.25, -0.2) is 0 Å². The lowest BCUT2D eigenvalue weighted by Crippen LogP contribution is -2.17. The van der Waals surface area contributed by atoms with Crippen LogP contribution in [0.2, 0.25) is 0 Å². The molecule has 1 N–H and O–H groups in total. The molecular formula is C11H21N. The third-order valence-corrected chi connectivity index (χ3v) is 2.68. The molecule has 1 aliphatic rings. The van der Waals surface area contributed by atoms with Crippen molar-refractivity contribution in [2.75, 3.05) is 13.1 Å². The third kappa shape index (κ3) is 2.98. The predicted molar refractivity (Wildman–Crippen MR) is 54.3 cm³/mol. The van der Waals surface area contributed by atoms with E-state index >= 15 is 0 Å². The molecule has 0 aliphatic heterocycles. The molecule has 1 fully saturated rings. The number of rotatable bonds is 5. The first-order valence-corrected chi connectivity index (χ1v) is 5.27. The van der Waals surface area contributed by atoms with Crippen LogP contribution in [0, 0.1) is 5.92 Å². The third-order valence-electron chi connectivity index (χ3n) is 2.68. The molecule has 1 rings (SSSR count). The van der Waals surface area contributed by atoms with E-state index in [0.717, 1.165) is 19.0 Å². The normalized spacial score (nSPS) is 19.3. The van der Waals surface area contributed by atoms with E-state index < -0.39 is 0 Å². The number of likely N-dealkylation sites (N-methyl/N-ethyl adjacent to an activating group) is 1. The average molecular weight is 167 g/mol. The molecule has 0 amide bonds. The fraction of sp³-hybridized carbons (Fsp3) is 0.818. The lowest BCUT2D eigenvalue weighted by Gasteiger charge is -2.23. The van der Waals surface area contributed by atoms with Crippen LogP contribution in [0.25, 0.3) is 0 Å². The largest absolute Gasteiger partial charge is 0.313 e. The molecule has 0 unspecified atom stereocenters. The Morgan fingerprint density at radius 2 is 2.17 bits per heavy atom. The molecule has 0 atom stereocenters. The number of nitrogens with one attached hydrogen (secondary N) is 1. The Morgan fingerprint density at radius 1 is 1.42 bits per heavy atom. The molecule has 12 heavy (non-hydrogen) atoms. The molecule has 1 nitrogen and oxygen atoms in total. The number of allylic oxidation sites excluding steroid dienone is 1. The zero-order valence-corrected chi connectivity index (χ0v) is 8.40. The molecule has 0 aromatic heterocycles. The van der Waals surface area contributed by atoms with Gasteiger partial charge in [0, 0.05) is 6.54 Å². The molecule has 70 valence electrons. The highest BCUT2D eigenvalue weighted by Crippen LogP contribution is 2.28. The second-order valence-corrected chi connectivity index (χ2v) is 3.65. The summed E-state index contributed by atoms with van der Waals surface area (Å²) in [4.78, 5) is 0. The van der Waals surface area contributed by atoms with Gasteiger partial charge in [-0.15, -0.1) is 0 Å². The van der Waals surface area contributed by atoms with Crippen LogP contribution in [-0.4, -0.2) is 13.1 Å². The summed E-state index contributed by atoms with van der Waals surface area (Å²) in [5.41, 5.74) is 1.60. The molecule has 1 saturated carbocycles. The fourth-order valence-corrected chi connectivity index (χ4v) is 1.53. The summed E-state index contributed by atoms with van der Waals surface area (Å²) in [6.07, 6.45) is 8.00. The van der Waals surface area contributed by atoms with Gasteiger partial charge in [0.2, 0.25) is 0 Å². The van der Waals surface area contributed by atoms with Gasteiger partial charge in [-0.2, -0.15) is 0 Å². The summed E-state index contributed by atoms with van der Waals surface area (Å²) >= 11 is 0. The minimum Gasteiger partial charge on any atom is -0.313 e. The summed E-state index contributed by atoms with van der Waals surface area (Å²) in [6, 6.07) is 0. The van der Waals surface area contributed by atoms with Crippen LogP contribution < -0.4 is 5.32 Å². The fourth-order valence-electron chi connectivity index (χ4n) is 1.53. The van der Waals surface area contributed by atoms with Crippen molar-refractivity contribution in [2.24, 2.45) is 5.92 Å². The van der Waals surface area contributed by atoms with Crippen LogP contribution in [0.1, 0.15) is 39.5 Å². The Kier molecular flexibility index (Phi) is 4.37. The van der Waals surface area contributed by atoms with Crippen LogP contribution in [-0.2, 0) is 0 Å². The molecule has 1 aliphatic carbocycles. The van der Waals surface area contributed by atoms with Crippen molar-refractivity contribution in [2.45, 2.75) is 39.5 Å². The van der Waals surface area contributed by atoms with Gasteiger partial charge in [0.05, 0.1) is 0 Å². The van der Waals surface area contributed by atoms with Crippen molar-refractivity contribution in [3.63, 3.8) is 0 Å². The molecule has 0 bridgehead atoms. The van der Waals surface area contributed by atoms with E-state index in [-0.39, 0.29) is 0 Å². The van der Waals surface area contributed by atoms with Crippen LogP contribution in [0.5, 0.6) is 0 Å². The van der Waals surface area contributed by atoms with E-state index in [2.05, 4.69) is 25.2 Å². The second-order valence-electron chi connectivity index (χ2n) is 3.65. The van der Waals surface area contributed by atoms with Crippen LogP contribution in [0.3, 0.4) is 0 Å². The molecule has 0 aromatic carbocycles. The first-order chi connectivity index (χ1) is 5.86. The summed E-state index contributed by atoms with van der Waals surface area (Å²) in [7, 11) is 0. The van der Waals surface area contributed by atoms with Gasteiger partial charge in [0.15, 0.2) is 0 Å². The van der Waals surface area contributed by atoms with E-state index in [1.54, 1.807) is 5.57 Å². The summed E-state index contributed by atoms with van der Waals surface area (Å²) in [5.74, 6) is 0.915. The van der Waals surface area contributed by atoms with Crippen molar-refractivity contribution in [1.82, 2.24) is 5.32 Å². The Morgan fingerprint density at radius 3 is 2.58 bits per heavy atom. The lowest BCUT2D eigenvalue weighted by molar-refractivity contribution is 0.385. The maximum atomic E-state index is 3.38. The Bertz CT molecular complexity index is 145. The highest BCUT2D eigenvalue weighted by atomic mass is 14.8. The molecule has 0 heterocycles. The number of hydrogen-bond donors (Lipinski definition) is 1. The van der Waals surface area contributed by atoms with Crippen LogP contribution in [0.4, 0.5) is 0 Å². The minimum atomic E-state index is 0.915. The Hall–Kier alpha value is -0.300. The topological polar surface area (TPSA) is 12.0 Å². The van der Waals surface area contributed by atoms with Gasteiger partial charge in [-0.3, -0.25) is 0 Å². The quantitative estimate of drug-likeness (QED) is 0.621. The summed E-state index contributed by atoms with van der Waals surface area (Å²) in [5, 5.41) is 3.38. The summed E-state index contributed by atoms with van der Waals surface area (Å²) in [6.45, 7) is 6.60. The molecule has 0 aromatic rings. The molecular weight excluding hydrogens is 146 g/mol. The van der Waals surface area contributed by atoms with Crippen molar-refractivity contribution >= 4 is 0 Å². The standard InChI is InChI=1S/C11H21N/c1-3-10(9-12-4-2)8-11-6-5-7-11/h8,11-12H,3-7,9H2,1-2H3. The maximum absolute atomic E-state index is 3.38. The number of hydrogen-bond acceptors (Lipinski definition) is 1. The Balaban J connectivity index is 2.26. The van der Waals surface area contributed by atoms with E-state index in [1.807, 2.05) is 0 Å². The first-order valence-electron chi connectivity index (χ1n) is 5.27. The zero-order chi connectivity index (χ0) is 8.81. The van der Waals surface area contributed by atoms with E-state index in [0.29, 0.717) is 0 Å².